The summed E-state index contributed by atoms with van der Waals surface area (Å²) in [6.45, 7) is 8.02. The normalized spacial score (nSPS) is 26.3. The summed E-state index contributed by atoms with van der Waals surface area (Å²) in [5.74, 6) is -0.630. The third-order valence-corrected chi connectivity index (χ3v) is 5.75. The maximum Gasteiger partial charge on any atom is 0.310 e. The van der Waals surface area contributed by atoms with Crippen LogP contribution in [0, 0.1) is 12.3 Å². The van der Waals surface area contributed by atoms with E-state index in [1.165, 1.54) is 10.4 Å². The number of aryl methyl sites for hydroxylation is 1. The molecule has 1 aromatic rings. The van der Waals surface area contributed by atoms with E-state index in [-0.39, 0.29) is 0 Å². The van der Waals surface area contributed by atoms with Crippen LogP contribution in [0.1, 0.15) is 49.6 Å². The maximum atomic E-state index is 11.6. The Balaban J connectivity index is 2.17. The van der Waals surface area contributed by atoms with Gasteiger partial charge >= 0.3 is 5.97 Å². The van der Waals surface area contributed by atoms with E-state index in [0.29, 0.717) is 12.6 Å². The van der Waals surface area contributed by atoms with Crippen LogP contribution in [0.4, 0.5) is 0 Å². The highest BCUT2D eigenvalue weighted by Gasteiger charge is 2.42. The molecule has 2 heterocycles. The van der Waals surface area contributed by atoms with Gasteiger partial charge in [-0.1, -0.05) is 6.92 Å². The summed E-state index contributed by atoms with van der Waals surface area (Å²) in [6.07, 6.45) is 2.51. The fourth-order valence-electron chi connectivity index (χ4n) is 3.09. The van der Waals surface area contributed by atoms with Crippen molar-refractivity contribution >= 4 is 17.3 Å². The molecule has 1 saturated heterocycles. The van der Waals surface area contributed by atoms with E-state index in [1.807, 2.05) is 6.92 Å². The third-order valence-electron chi connectivity index (χ3n) is 4.57. The monoisotopic (exact) mass is 281 g/mol. The average molecular weight is 281 g/mol. The number of rotatable bonds is 4. The predicted octanol–water partition coefficient (Wildman–Crippen LogP) is 3.69. The smallest absolute Gasteiger partial charge is 0.310 e. The van der Waals surface area contributed by atoms with Gasteiger partial charge in [0.05, 0.1) is 5.41 Å². The zero-order valence-corrected chi connectivity index (χ0v) is 12.8. The summed E-state index contributed by atoms with van der Waals surface area (Å²) in [6, 6.07) is 2.47. The second-order valence-electron chi connectivity index (χ2n) is 5.66. The molecule has 0 amide bonds. The Labute approximate surface area is 119 Å². The van der Waals surface area contributed by atoms with Crippen molar-refractivity contribution in [1.82, 2.24) is 4.90 Å². The second kappa shape index (κ2) is 5.63. The fourth-order valence-corrected chi connectivity index (χ4v) is 4.11. The van der Waals surface area contributed by atoms with Gasteiger partial charge in [0.25, 0.3) is 0 Å². The lowest BCUT2D eigenvalue weighted by Gasteiger charge is -2.42. The van der Waals surface area contributed by atoms with Crippen LogP contribution in [0.5, 0.6) is 0 Å². The first-order chi connectivity index (χ1) is 9.00. The number of hydrogen-bond donors (Lipinski definition) is 1. The van der Waals surface area contributed by atoms with Gasteiger partial charge in [-0.15, -0.1) is 11.3 Å². The Hall–Kier alpha value is -0.870. The van der Waals surface area contributed by atoms with E-state index < -0.39 is 11.4 Å². The first kappa shape index (κ1) is 14.5. The van der Waals surface area contributed by atoms with Crippen LogP contribution in [0.15, 0.2) is 11.4 Å². The molecule has 2 atom stereocenters. The predicted molar refractivity (Wildman–Crippen MR) is 78.6 cm³/mol. The van der Waals surface area contributed by atoms with Gasteiger partial charge in [0, 0.05) is 17.5 Å². The van der Waals surface area contributed by atoms with Crippen molar-refractivity contribution < 1.29 is 9.90 Å². The fraction of sp³-hybridized carbons (Fsp3) is 0.667. The number of thiophene rings is 1. The average Bonchev–Trinajstić information content (AvgIpc) is 2.84. The van der Waals surface area contributed by atoms with Crippen LogP contribution >= 0.6 is 11.3 Å². The van der Waals surface area contributed by atoms with E-state index in [0.717, 1.165) is 25.8 Å². The van der Waals surface area contributed by atoms with Gasteiger partial charge in [-0.25, -0.2) is 0 Å². The second-order valence-corrected chi connectivity index (χ2v) is 6.60. The summed E-state index contributed by atoms with van der Waals surface area (Å²) in [5.41, 5.74) is 0.776. The van der Waals surface area contributed by atoms with Crippen molar-refractivity contribution in [3.05, 3.63) is 21.9 Å². The number of carboxylic acid groups (broad SMARTS) is 1. The van der Waals surface area contributed by atoms with E-state index in [1.54, 1.807) is 11.3 Å². The number of aliphatic carboxylic acids is 1. The number of carboxylic acids is 1. The molecule has 3 nitrogen and oxygen atoms in total. The summed E-state index contributed by atoms with van der Waals surface area (Å²) >= 11 is 1.78. The molecular formula is C15H23NO2S. The Kier molecular flexibility index (Phi) is 4.31. The van der Waals surface area contributed by atoms with Crippen molar-refractivity contribution in [1.29, 1.82) is 0 Å². The molecule has 1 aromatic heterocycles. The van der Waals surface area contributed by atoms with Crippen molar-refractivity contribution in [2.75, 3.05) is 13.1 Å². The highest BCUT2D eigenvalue weighted by atomic mass is 32.1. The Bertz CT molecular complexity index is 457. The molecule has 106 valence electrons. The summed E-state index contributed by atoms with van der Waals surface area (Å²) < 4.78 is 0. The maximum absolute atomic E-state index is 11.6. The molecule has 4 heteroatoms. The van der Waals surface area contributed by atoms with E-state index in [9.17, 15) is 9.90 Å². The molecule has 0 saturated carbocycles. The van der Waals surface area contributed by atoms with Gasteiger partial charge in [0.1, 0.15) is 0 Å². The standard InChI is InChI=1S/C15H23NO2S/c1-4-15(14(17)18)7-5-8-16(10-15)12(3)13-11(2)6-9-19-13/h6,9,12H,4-5,7-8,10H2,1-3H3,(H,17,18). The van der Waals surface area contributed by atoms with Crippen LogP contribution < -0.4 is 0 Å². The molecule has 0 spiro atoms. The van der Waals surface area contributed by atoms with Gasteiger partial charge in [-0.3, -0.25) is 9.69 Å². The highest BCUT2D eigenvalue weighted by Crippen LogP contribution is 2.38. The number of carbonyl (C=O) groups is 1. The lowest BCUT2D eigenvalue weighted by atomic mass is 9.77. The molecule has 19 heavy (non-hydrogen) atoms. The van der Waals surface area contributed by atoms with Crippen LogP contribution in [-0.2, 0) is 4.79 Å². The van der Waals surface area contributed by atoms with E-state index >= 15 is 0 Å². The Morgan fingerprint density at radius 3 is 2.89 bits per heavy atom. The minimum atomic E-state index is -0.630. The zero-order valence-electron chi connectivity index (χ0n) is 12.0. The molecule has 0 radical (unpaired) electrons. The van der Waals surface area contributed by atoms with Crippen molar-refractivity contribution in [3.8, 4) is 0 Å². The van der Waals surface area contributed by atoms with Crippen molar-refractivity contribution in [3.63, 3.8) is 0 Å². The summed E-state index contributed by atoms with van der Waals surface area (Å²) in [7, 11) is 0. The third kappa shape index (κ3) is 2.70. The lowest BCUT2D eigenvalue weighted by molar-refractivity contribution is -0.153. The molecule has 1 aliphatic rings. The molecule has 2 rings (SSSR count). The van der Waals surface area contributed by atoms with Crippen molar-refractivity contribution in [2.24, 2.45) is 5.41 Å². The molecule has 0 aliphatic carbocycles. The van der Waals surface area contributed by atoms with Gasteiger partial charge in [-0.2, -0.15) is 0 Å². The molecular weight excluding hydrogens is 258 g/mol. The lowest BCUT2D eigenvalue weighted by Crippen LogP contribution is -2.48. The van der Waals surface area contributed by atoms with E-state index in [2.05, 4.69) is 30.2 Å². The van der Waals surface area contributed by atoms with Crippen LogP contribution in [0.25, 0.3) is 0 Å². The molecule has 0 aromatic carbocycles. The van der Waals surface area contributed by atoms with Gasteiger partial charge in [0.2, 0.25) is 0 Å². The highest BCUT2D eigenvalue weighted by molar-refractivity contribution is 7.10. The van der Waals surface area contributed by atoms with Crippen LogP contribution in [0.2, 0.25) is 0 Å². The van der Waals surface area contributed by atoms with Gasteiger partial charge in [-0.05, 0) is 56.7 Å². The van der Waals surface area contributed by atoms with E-state index in [4.69, 9.17) is 0 Å². The van der Waals surface area contributed by atoms with Gasteiger partial charge < -0.3 is 5.11 Å². The Morgan fingerprint density at radius 2 is 2.37 bits per heavy atom. The topological polar surface area (TPSA) is 40.5 Å². The zero-order chi connectivity index (χ0) is 14.0. The number of hydrogen-bond acceptors (Lipinski definition) is 3. The number of likely N-dealkylation sites (tertiary alicyclic amines) is 1. The molecule has 1 N–H and O–H groups in total. The van der Waals surface area contributed by atoms with Crippen LogP contribution in [-0.4, -0.2) is 29.1 Å². The van der Waals surface area contributed by atoms with Crippen molar-refractivity contribution in [2.45, 2.75) is 46.1 Å². The molecule has 1 fully saturated rings. The summed E-state index contributed by atoms with van der Waals surface area (Å²) in [5, 5.41) is 11.7. The Morgan fingerprint density at radius 1 is 1.63 bits per heavy atom. The molecule has 0 bridgehead atoms. The number of nitrogens with zero attached hydrogens (tertiary/aromatic N) is 1. The minimum Gasteiger partial charge on any atom is -0.481 e. The first-order valence-electron chi connectivity index (χ1n) is 7.01. The number of piperidine rings is 1. The first-order valence-corrected chi connectivity index (χ1v) is 7.89. The summed E-state index contributed by atoms with van der Waals surface area (Å²) in [4.78, 5) is 15.3. The largest absolute Gasteiger partial charge is 0.481 e. The van der Waals surface area contributed by atoms with Crippen LogP contribution in [0.3, 0.4) is 0 Å². The molecule has 2 unspecified atom stereocenters. The van der Waals surface area contributed by atoms with Gasteiger partial charge in [0.15, 0.2) is 0 Å². The quantitative estimate of drug-likeness (QED) is 0.915. The SMILES string of the molecule is CCC1(C(=O)O)CCCN(C(C)c2sccc2C)C1. The minimum absolute atomic E-state index is 0.325. The molecule has 1 aliphatic heterocycles.